The Bertz CT molecular complexity index is 600. The smallest absolute Gasteiger partial charge is 0.211 e. The summed E-state index contributed by atoms with van der Waals surface area (Å²) in [5, 5.41) is 0. The van der Waals surface area contributed by atoms with E-state index in [0.717, 1.165) is 17.3 Å². The van der Waals surface area contributed by atoms with Gasteiger partial charge in [0.25, 0.3) is 0 Å². The van der Waals surface area contributed by atoms with Crippen LogP contribution in [0, 0.1) is 5.92 Å². The average molecular weight is 360 g/mol. The molecule has 4 nitrogen and oxygen atoms in total. The molecule has 0 aromatic heterocycles. The fourth-order valence-corrected chi connectivity index (χ4v) is 3.88. The van der Waals surface area contributed by atoms with Gasteiger partial charge in [-0.05, 0) is 30.9 Å². The molecular formula is C14H18BrNO3S. The van der Waals surface area contributed by atoms with Crippen molar-refractivity contribution in [2.75, 3.05) is 19.3 Å². The van der Waals surface area contributed by atoms with Gasteiger partial charge in [-0.2, -0.15) is 0 Å². The molecule has 1 saturated heterocycles. The number of halogens is 1. The van der Waals surface area contributed by atoms with Crippen molar-refractivity contribution in [2.45, 2.75) is 19.3 Å². The van der Waals surface area contributed by atoms with Gasteiger partial charge in [0.15, 0.2) is 5.78 Å². The lowest BCUT2D eigenvalue weighted by molar-refractivity contribution is 0.0942. The van der Waals surface area contributed by atoms with Crippen LogP contribution >= 0.6 is 15.9 Å². The van der Waals surface area contributed by atoms with Crippen molar-refractivity contribution in [2.24, 2.45) is 5.92 Å². The summed E-state index contributed by atoms with van der Waals surface area (Å²) in [5.74, 6) is 0.191. The zero-order valence-electron chi connectivity index (χ0n) is 11.4. The van der Waals surface area contributed by atoms with E-state index in [-0.39, 0.29) is 11.7 Å². The van der Waals surface area contributed by atoms with Gasteiger partial charge in [-0.3, -0.25) is 4.79 Å². The van der Waals surface area contributed by atoms with E-state index < -0.39 is 10.0 Å². The van der Waals surface area contributed by atoms with Crippen LogP contribution < -0.4 is 0 Å². The number of carbonyl (C=O) groups is 1. The molecule has 1 fully saturated rings. The molecule has 0 aliphatic carbocycles. The molecule has 1 heterocycles. The molecule has 1 atom stereocenters. The zero-order valence-corrected chi connectivity index (χ0v) is 13.8. The van der Waals surface area contributed by atoms with E-state index in [2.05, 4.69) is 15.9 Å². The van der Waals surface area contributed by atoms with E-state index in [4.69, 9.17) is 0 Å². The van der Waals surface area contributed by atoms with E-state index in [0.29, 0.717) is 25.1 Å². The Morgan fingerprint density at radius 3 is 2.85 bits per heavy atom. The van der Waals surface area contributed by atoms with Crippen molar-refractivity contribution in [3.05, 3.63) is 34.3 Å². The SMILES string of the molecule is CS(=O)(=O)N1CCCC(CC(=O)c2cccc(Br)c2)C1. The van der Waals surface area contributed by atoms with Crippen LogP contribution in [0.25, 0.3) is 0 Å². The maximum absolute atomic E-state index is 12.2. The molecule has 20 heavy (non-hydrogen) atoms. The maximum Gasteiger partial charge on any atom is 0.211 e. The summed E-state index contributed by atoms with van der Waals surface area (Å²) < 4.78 is 25.5. The van der Waals surface area contributed by atoms with Crippen LogP contribution in [-0.2, 0) is 10.0 Å². The van der Waals surface area contributed by atoms with Gasteiger partial charge < -0.3 is 0 Å². The monoisotopic (exact) mass is 359 g/mol. The van der Waals surface area contributed by atoms with Crippen LogP contribution in [0.5, 0.6) is 0 Å². The van der Waals surface area contributed by atoms with Gasteiger partial charge in [0.1, 0.15) is 0 Å². The van der Waals surface area contributed by atoms with Gasteiger partial charge in [0.05, 0.1) is 6.26 Å². The van der Waals surface area contributed by atoms with Crippen molar-refractivity contribution < 1.29 is 13.2 Å². The van der Waals surface area contributed by atoms with Crippen LogP contribution in [0.3, 0.4) is 0 Å². The highest BCUT2D eigenvalue weighted by molar-refractivity contribution is 9.10. The molecule has 0 bridgehead atoms. The van der Waals surface area contributed by atoms with E-state index >= 15 is 0 Å². The quantitative estimate of drug-likeness (QED) is 0.776. The second-order valence-electron chi connectivity index (χ2n) is 5.27. The lowest BCUT2D eigenvalue weighted by atomic mass is 9.92. The van der Waals surface area contributed by atoms with Crippen LogP contribution in [0.1, 0.15) is 29.6 Å². The number of benzene rings is 1. The first-order chi connectivity index (χ1) is 9.36. The molecule has 0 saturated carbocycles. The first kappa shape index (κ1) is 15.7. The Labute approximate surface area is 128 Å². The molecule has 1 aromatic carbocycles. The summed E-state index contributed by atoms with van der Waals surface area (Å²) >= 11 is 3.35. The van der Waals surface area contributed by atoms with Gasteiger partial charge in [0.2, 0.25) is 10.0 Å². The van der Waals surface area contributed by atoms with Crippen LogP contribution in [0.15, 0.2) is 28.7 Å². The summed E-state index contributed by atoms with van der Waals surface area (Å²) in [6, 6.07) is 7.31. The molecule has 110 valence electrons. The molecule has 1 aliphatic heterocycles. The Hall–Kier alpha value is -0.720. The number of ketones is 1. The number of hydrogen-bond acceptors (Lipinski definition) is 3. The minimum Gasteiger partial charge on any atom is -0.294 e. The van der Waals surface area contributed by atoms with Gasteiger partial charge in [-0.15, -0.1) is 0 Å². The normalized spacial score (nSPS) is 20.8. The van der Waals surface area contributed by atoms with Crippen LogP contribution in [0.4, 0.5) is 0 Å². The van der Waals surface area contributed by atoms with E-state index in [1.54, 1.807) is 12.1 Å². The van der Waals surface area contributed by atoms with Crippen molar-refractivity contribution >= 4 is 31.7 Å². The third kappa shape index (κ3) is 4.14. The fraction of sp³-hybridized carbons (Fsp3) is 0.500. The standard InChI is InChI=1S/C14H18BrNO3S/c1-20(18,19)16-7-3-4-11(10-16)8-14(17)12-5-2-6-13(15)9-12/h2,5-6,9,11H,3-4,7-8,10H2,1H3. The molecule has 1 unspecified atom stereocenters. The molecular weight excluding hydrogens is 342 g/mol. The van der Waals surface area contributed by atoms with Crippen LogP contribution in [0.2, 0.25) is 0 Å². The average Bonchev–Trinajstić information content (AvgIpc) is 2.38. The molecule has 1 aliphatic rings. The highest BCUT2D eigenvalue weighted by Gasteiger charge is 2.27. The topological polar surface area (TPSA) is 54.5 Å². The zero-order chi connectivity index (χ0) is 14.8. The Morgan fingerprint density at radius 1 is 1.45 bits per heavy atom. The predicted molar refractivity (Wildman–Crippen MR) is 82.2 cm³/mol. The van der Waals surface area contributed by atoms with Crippen LogP contribution in [-0.4, -0.2) is 37.9 Å². The van der Waals surface area contributed by atoms with Crippen molar-refractivity contribution in [1.82, 2.24) is 4.31 Å². The highest BCUT2D eigenvalue weighted by Crippen LogP contribution is 2.23. The molecule has 0 spiro atoms. The van der Waals surface area contributed by atoms with E-state index in [9.17, 15) is 13.2 Å². The Balaban J connectivity index is 2.01. The summed E-state index contributed by atoms with van der Waals surface area (Å²) in [6.45, 7) is 1.03. The van der Waals surface area contributed by atoms with E-state index in [1.165, 1.54) is 10.6 Å². The molecule has 2 rings (SSSR count). The largest absolute Gasteiger partial charge is 0.294 e. The molecule has 1 aromatic rings. The number of piperidine rings is 1. The van der Waals surface area contributed by atoms with Gasteiger partial charge in [-0.25, -0.2) is 12.7 Å². The molecule has 0 radical (unpaired) electrons. The number of hydrogen-bond donors (Lipinski definition) is 0. The first-order valence-electron chi connectivity index (χ1n) is 6.60. The minimum atomic E-state index is -3.15. The number of rotatable bonds is 4. The van der Waals surface area contributed by atoms with Crippen molar-refractivity contribution in [3.8, 4) is 0 Å². The number of Topliss-reactive ketones (excluding diaryl/α,β-unsaturated/α-hetero) is 1. The summed E-state index contributed by atoms with van der Waals surface area (Å²) in [4.78, 5) is 12.2. The summed E-state index contributed by atoms with van der Waals surface area (Å²) in [7, 11) is -3.15. The maximum atomic E-state index is 12.2. The molecule has 0 amide bonds. The highest BCUT2D eigenvalue weighted by atomic mass is 79.9. The third-order valence-corrected chi connectivity index (χ3v) is 5.33. The second kappa shape index (κ2) is 6.37. The summed E-state index contributed by atoms with van der Waals surface area (Å²) in [5.41, 5.74) is 0.677. The first-order valence-corrected chi connectivity index (χ1v) is 9.24. The fourth-order valence-electron chi connectivity index (χ4n) is 2.54. The minimum absolute atomic E-state index is 0.0756. The number of sulfonamides is 1. The van der Waals surface area contributed by atoms with E-state index in [1.807, 2.05) is 12.1 Å². The lowest BCUT2D eigenvalue weighted by Gasteiger charge is -2.30. The molecule has 0 N–H and O–H groups in total. The number of nitrogens with zero attached hydrogens (tertiary/aromatic N) is 1. The predicted octanol–water partition coefficient (Wildman–Crippen LogP) is 2.69. The molecule has 6 heteroatoms. The summed E-state index contributed by atoms with van der Waals surface area (Å²) in [6.07, 6.45) is 3.36. The van der Waals surface area contributed by atoms with Gasteiger partial charge in [0, 0.05) is 29.5 Å². The van der Waals surface area contributed by atoms with Gasteiger partial charge in [-0.1, -0.05) is 28.1 Å². The lowest BCUT2D eigenvalue weighted by Crippen LogP contribution is -2.39. The Kier molecular flexibility index (Phi) is 4.99. The number of carbonyl (C=O) groups excluding carboxylic acids is 1. The van der Waals surface area contributed by atoms with Gasteiger partial charge >= 0.3 is 0 Å². The van der Waals surface area contributed by atoms with Crippen molar-refractivity contribution in [1.29, 1.82) is 0 Å². The third-order valence-electron chi connectivity index (χ3n) is 3.57. The Morgan fingerprint density at radius 2 is 2.20 bits per heavy atom. The second-order valence-corrected chi connectivity index (χ2v) is 8.17. The van der Waals surface area contributed by atoms with Crippen molar-refractivity contribution in [3.63, 3.8) is 0 Å².